The van der Waals surface area contributed by atoms with E-state index in [4.69, 9.17) is 10.7 Å². The van der Waals surface area contributed by atoms with E-state index in [0.717, 1.165) is 0 Å². The van der Waals surface area contributed by atoms with Crippen LogP contribution in [0.5, 0.6) is 0 Å². The summed E-state index contributed by atoms with van der Waals surface area (Å²) >= 11 is 0.119. The van der Waals surface area contributed by atoms with Crippen molar-refractivity contribution in [2.75, 3.05) is 0 Å². The predicted octanol–water partition coefficient (Wildman–Crippen LogP) is 0.265. The van der Waals surface area contributed by atoms with Gasteiger partial charge in [0.15, 0.2) is 5.40 Å². The van der Waals surface area contributed by atoms with Gasteiger partial charge in [-0.25, -0.2) is 4.31 Å². The van der Waals surface area contributed by atoms with Gasteiger partial charge in [0.25, 0.3) is 0 Å². The van der Waals surface area contributed by atoms with Crippen LogP contribution in [0.4, 0.5) is 0 Å². The third kappa shape index (κ3) is 1.11. The summed E-state index contributed by atoms with van der Waals surface area (Å²) in [6.07, 6.45) is -5.82. The third-order valence-electron chi connectivity index (χ3n) is 0.777. The summed E-state index contributed by atoms with van der Waals surface area (Å²) in [5.74, 6) is -2.67. The standard InChI is InChI=1S/C5H4N2O2S/c6-3-10-7-4(8)1-2-5(7)9/h1-2H2/i1D2,2D2. The highest BCUT2D eigenvalue weighted by molar-refractivity contribution is 8.02. The van der Waals surface area contributed by atoms with Crippen LogP contribution in [0.3, 0.4) is 0 Å². The lowest BCUT2D eigenvalue weighted by molar-refractivity contribution is -0.131. The normalized spacial score (nSPS) is 33.7. The van der Waals surface area contributed by atoms with E-state index in [1.165, 1.54) is 5.40 Å². The van der Waals surface area contributed by atoms with Crippen molar-refractivity contribution in [3.05, 3.63) is 0 Å². The second kappa shape index (κ2) is 2.71. The summed E-state index contributed by atoms with van der Waals surface area (Å²) in [6.45, 7) is 0. The van der Waals surface area contributed by atoms with Gasteiger partial charge < -0.3 is 0 Å². The van der Waals surface area contributed by atoms with Gasteiger partial charge in [0.1, 0.15) is 0 Å². The van der Waals surface area contributed by atoms with E-state index in [2.05, 4.69) is 0 Å². The fourth-order valence-electron chi connectivity index (χ4n) is 0.424. The Bertz CT molecular complexity index is 324. The molecule has 0 aromatic carbocycles. The zero-order valence-corrected chi connectivity index (χ0v) is 5.44. The van der Waals surface area contributed by atoms with E-state index in [1.807, 2.05) is 0 Å². The molecule has 1 aliphatic heterocycles. The predicted molar refractivity (Wildman–Crippen MR) is 34.3 cm³/mol. The van der Waals surface area contributed by atoms with E-state index in [-0.39, 0.29) is 16.3 Å². The molecule has 0 aromatic rings. The van der Waals surface area contributed by atoms with Crippen LogP contribution in [-0.4, -0.2) is 16.1 Å². The van der Waals surface area contributed by atoms with Crippen molar-refractivity contribution < 1.29 is 15.1 Å². The van der Waals surface area contributed by atoms with Gasteiger partial charge in [0.05, 0.1) is 11.9 Å². The van der Waals surface area contributed by atoms with Crippen LogP contribution in [0.2, 0.25) is 0 Å². The number of hydrogen-bond acceptors (Lipinski definition) is 4. The zero-order valence-electron chi connectivity index (χ0n) is 8.62. The average molecular weight is 160 g/mol. The Morgan fingerprint density at radius 2 is 2.10 bits per heavy atom. The van der Waals surface area contributed by atoms with Crippen LogP contribution in [0, 0.1) is 10.7 Å². The third-order valence-corrected chi connectivity index (χ3v) is 1.37. The SMILES string of the molecule is [2H]C1([2H])C(=O)N(SC#N)C(=O)C1([2H])[2H]. The van der Waals surface area contributed by atoms with E-state index < -0.39 is 24.6 Å². The molecule has 1 fully saturated rings. The number of rotatable bonds is 1. The first-order valence-electron chi connectivity index (χ1n) is 4.22. The molecule has 0 spiro atoms. The largest absolute Gasteiger partial charge is 0.273 e. The second-order valence-corrected chi connectivity index (χ2v) is 2.07. The molecule has 4 nitrogen and oxygen atoms in total. The average Bonchev–Trinajstić information content (AvgIpc) is 2.19. The van der Waals surface area contributed by atoms with Crippen molar-refractivity contribution in [1.82, 2.24) is 4.31 Å². The molecule has 1 rings (SSSR count). The Balaban J connectivity index is 3.17. The van der Waals surface area contributed by atoms with Crippen LogP contribution < -0.4 is 0 Å². The lowest BCUT2D eigenvalue weighted by Crippen LogP contribution is -2.20. The second-order valence-electron chi connectivity index (χ2n) is 1.34. The van der Waals surface area contributed by atoms with Crippen LogP contribution in [0.25, 0.3) is 0 Å². The molecular formula is C5H4N2O2S. The van der Waals surface area contributed by atoms with Crippen LogP contribution in [0.15, 0.2) is 0 Å². The highest BCUT2D eigenvalue weighted by Crippen LogP contribution is 2.19. The lowest BCUT2D eigenvalue weighted by atomic mass is 10.4. The van der Waals surface area contributed by atoms with Gasteiger partial charge in [-0.3, -0.25) is 9.59 Å². The molecule has 0 bridgehead atoms. The number of hydrogen-bond donors (Lipinski definition) is 0. The van der Waals surface area contributed by atoms with Crippen LogP contribution in [-0.2, 0) is 9.59 Å². The minimum absolute atomic E-state index is 0.119. The zero-order chi connectivity index (χ0) is 11.1. The first-order valence-corrected chi connectivity index (χ1v) is 2.99. The number of carbonyl (C=O) groups excluding carboxylic acids is 2. The van der Waals surface area contributed by atoms with Crippen molar-refractivity contribution in [2.45, 2.75) is 12.7 Å². The van der Waals surface area contributed by atoms with E-state index in [9.17, 15) is 9.59 Å². The molecule has 0 aliphatic carbocycles. The van der Waals surface area contributed by atoms with Crippen molar-refractivity contribution in [1.29, 1.82) is 5.26 Å². The molecule has 0 aromatic heterocycles. The number of nitriles is 1. The molecule has 5 heteroatoms. The Hall–Kier alpha value is -1.02. The summed E-state index contributed by atoms with van der Waals surface area (Å²) in [6, 6.07) is 0. The first kappa shape index (κ1) is 3.39. The number of nitrogens with zero attached hydrogens (tertiary/aromatic N) is 2. The van der Waals surface area contributed by atoms with Crippen molar-refractivity contribution in [3.63, 3.8) is 0 Å². The molecule has 52 valence electrons. The maximum absolute atomic E-state index is 11.2. The van der Waals surface area contributed by atoms with Gasteiger partial charge in [0.2, 0.25) is 11.8 Å². The summed E-state index contributed by atoms with van der Waals surface area (Å²) in [5.41, 5.74) is 0. The number of thiocyanates is 1. The van der Waals surface area contributed by atoms with Crippen molar-refractivity contribution >= 4 is 23.8 Å². The van der Waals surface area contributed by atoms with Gasteiger partial charge in [-0.2, -0.15) is 5.26 Å². The number of carbonyl (C=O) groups is 2. The Morgan fingerprint density at radius 3 is 2.50 bits per heavy atom. The first-order chi connectivity index (χ1) is 6.26. The van der Waals surface area contributed by atoms with Gasteiger partial charge in [-0.15, -0.1) is 0 Å². The molecule has 0 saturated carbocycles. The Labute approximate surface area is 67.5 Å². The number of imide groups is 1. The van der Waals surface area contributed by atoms with Gasteiger partial charge in [-0.1, -0.05) is 0 Å². The van der Waals surface area contributed by atoms with Gasteiger partial charge in [-0.05, 0) is 0 Å². The van der Waals surface area contributed by atoms with Crippen molar-refractivity contribution in [3.8, 4) is 5.40 Å². The van der Waals surface area contributed by atoms with Gasteiger partial charge in [0, 0.05) is 18.2 Å². The molecule has 10 heavy (non-hydrogen) atoms. The van der Waals surface area contributed by atoms with E-state index in [0.29, 0.717) is 0 Å². The van der Waals surface area contributed by atoms with Crippen LogP contribution in [0.1, 0.15) is 18.2 Å². The Morgan fingerprint density at radius 1 is 1.60 bits per heavy atom. The lowest BCUT2D eigenvalue weighted by Gasteiger charge is -2.03. The Kier molecular flexibility index (Phi) is 0.919. The quantitative estimate of drug-likeness (QED) is 0.313. The molecule has 1 saturated heterocycles. The molecule has 1 aliphatic rings. The molecule has 2 amide bonds. The molecule has 0 radical (unpaired) electrons. The highest BCUT2D eigenvalue weighted by Gasteiger charge is 2.29. The maximum Gasteiger partial charge on any atom is 0.240 e. The van der Waals surface area contributed by atoms with Gasteiger partial charge >= 0.3 is 0 Å². The molecule has 1 heterocycles. The molecular weight excluding hydrogens is 152 g/mol. The number of amides is 2. The van der Waals surface area contributed by atoms with Crippen LogP contribution >= 0.6 is 11.9 Å². The monoisotopic (exact) mass is 160 g/mol. The van der Waals surface area contributed by atoms with E-state index >= 15 is 0 Å². The summed E-state index contributed by atoms with van der Waals surface area (Å²) in [7, 11) is 0. The van der Waals surface area contributed by atoms with Crippen molar-refractivity contribution in [2.24, 2.45) is 0 Å². The summed E-state index contributed by atoms with van der Waals surface area (Å²) in [4.78, 5) is 22.3. The maximum atomic E-state index is 11.2. The fourth-order valence-corrected chi connectivity index (χ4v) is 0.763. The molecule has 0 unspecified atom stereocenters. The summed E-state index contributed by atoms with van der Waals surface area (Å²) < 4.78 is 28.6. The highest BCUT2D eigenvalue weighted by atomic mass is 32.2. The minimum atomic E-state index is -2.91. The van der Waals surface area contributed by atoms with E-state index in [1.54, 1.807) is 0 Å². The fraction of sp³-hybridized carbons (Fsp3) is 0.400. The molecule has 0 atom stereocenters. The smallest absolute Gasteiger partial charge is 0.240 e. The molecule has 0 N–H and O–H groups in total. The topological polar surface area (TPSA) is 61.2 Å². The minimum Gasteiger partial charge on any atom is -0.273 e. The summed E-state index contributed by atoms with van der Waals surface area (Å²) in [5, 5.41) is 9.64.